The highest BCUT2D eigenvalue weighted by Gasteiger charge is 2.24. The van der Waals surface area contributed by atoms with Crippen LogP contribution in [0, 0.1) is 0 Å². The molecule has 0 aliphatic carbocycles. The first-order valence-corrected chi connectivity index (χ1v) is 8.19. The molecule has 0 radical (unpaired) electrons. The van der Waals surface area contributed by atoms with E-state index in [1.807, 2.05) is 0 Å². The average Bonchev–Trinajstić information content (AvgIpc) is 3.07. The van der Waals surface area contributed by atoms with Crippen molar-refractivity contribution in [1.29, 1.82) is 0 Å². The maximum absolute atomic E-state index is 13.1. The quantitative estimate of drug-likeness (QED) is 0.661. The average molecular weight is 362 g/mol. The number of carbonyl (C=O) groups is 2. The molecule has 0 saturated heterocycles. The van der Waals surface area contributed by atoms with E-state index in [1.165, 1.54) is 11.0 Å². The van der Waals surface area contributed by atoms with Crippen molar-refractivity contribution in [2.45, 2.75) is 0 Å². The van der Waals surface area contributed by atoms with Crippen molar-refractivity contribution in [1.82, 2.24) is 16.0 Å². The predicted molar refractivity (Wildman–Crippen MR) is 103 cm³/mol. The summed E-state index contributed by atoms with van der Waals surface area (Å²) in [6.07, 6.45) is 17.2. The topological polar surface area (TPSA) is 93.7 Å². The minimum absolute atomic E-state index is 0.0179. The van der Waals surface area contributed by atoms with Gasteiger partial charge in [0, 0.05) is 24.8 Å². The summed E-state index contributed by atoms with van der Waals surface area (Å²) in [4.78, 5) is 26.1. The molecular formula is C20H18N4O3. The van der Waals surface area contributed by atoms with Crippen LogP contribution in [0.15, 0.2) is 96.9 Å². The lowest BCUT2D eigenvalue weighted by molar-refractivity contribution is 0.0698. The first-order chi connectivity index (χ1) is 13.2. The number of nitrogens with one attached hydrogen (secondary N) is 3. The molecule has 0 fully saturated rings. The molecule has 1 aromatic carbocycles. The van der Waals surface area contributed by atoms with E-state index in [2.05, 4.69) is 16.0 Å². The maximum atomic E-state index is 13.1. The van der Waals surface area contributed by atoms with E-state index in [0.29, 0.717) is 11.4 Å². The van der Waals surface area contributed by atoms with E-state index in [0.717, 1.165) is 0 Å². The molecule has 7 nitrogen and oxygen atoms in total. The van der Waals surface area contributed by atoms with Crippen LogP contribution in [0.4, 0.5) is 10.5 Å². The number of carbonyl (C=O) groups excluding carboxylic acids is 1. The van der Waals surface area contributed by atoms with Crippen molar-refractivity contribution >= 4 is 17.7 Å². The zero-order valence-electron chi connectivity index (χ0n) is 14.3. The first kappa shape index (κ1) is 17.8. The smallest absolute Gasteiger partial charge is 0.337 e. The summed E-state index contributed by atoms with van der Waals surface area (Å²) in [6.45, 7) is 0. The van der Waals surface area contributed by atoms with Gasteiger partial charge in [-0.15, -0.1) is 0 Å². The van der Waals surface area contributed by atoms with Gasteiger partial charge < -0.3 is 21.1 Å². The van der Waals surface area contributed by atoms with E-state index in [9.17, 15) is 14.7 Å². The summed E-state index contributed by atoms with van der Waals surface area (Å²) >= 11 is 0. The second-order valence-corrected chi connectivity index (χ2v) is 5.53. The van der Waals surface area contributed by atoms with E-state index in [-0.39, 0.29) is 11.3 Å². The third-order valence-corrected chi connectivity index (χ3v) is 3.71. The second-order valence-electron chi connectivity index (χ2n) is 5.53. The molecule has 0 bridgehead atoms. The van der Waals surface area contributed by atoms with Crippen LogP contribution in [0.25, 0.3) is 0 Å². The van der Waals surface area contributed by atoms with Crippen LogP contribution in [0.5, 0.6) is 0 Å². The minimum atomic E-state index is -1.12. The van der Waals surface area contributed by atoms with Gasteiger partial charge in [0.05, 0.1) is 22.6 Å². The molecule has 2 heterocycles. The normalized spacial score (nSPS) is 14.8. The van der Waals surface area contributed by atoms with Gasteiger partial charge in [0.25, 0.3) is 0 Å². The van der Waals surface area contributed by atoms with Gasteiger partial charge in [-0.2, -0.15) is 0 Å². The van der Waals surface area contributed by atoms with Crippen LogP contribution >= 0.6 is 0 Å². The Hall–Kier alpha value is -4.00. The summed E-state index contributed by atoms with van der Waals surface area (Å²) in [5.74, 6) is -1.12. The molecule has 4 N–H and O–H groups in total. The number of hydrogen-bond donors (Lipinski definition) is 4. The molecule has 2 aliphatic rings. The molecular weight excluding hydrogens is 344 g/mol. The van der Waals surface area contributed by atoms with Crippen LogP contribution in [0.1, 0.15) is 10.4 Å². The Bertz CT molecular complexity index is 923. The Balaban J connectivity index is 2.00. The third kappa shape index (κ3) is 4.35. The molecule has 0 unspecified atom stereocenters. The van der Waals surface area contributed by atoms with Gasteiger partial charge in [0.15, 0.2) is 0 Å². The SMILES string of the molecule is O=C(O)c1ccccc1N(C(=O)NC1=CNC=CC=C1)C1=CNC=CC=C1. The monoisotopic (exact) mass is 362 g/mol. The van der Waals surface area contributed by atoms with Crippen LogP contribution in [-0.4, -0.2) is 17.1 Å². The minimum Gasteiger partial charge on any atom is -0.478 e. The Kier molecular flexibility index (Phi) is 5.54. The highest BCUT2D eigenvalue weighted by Crippen LogP contribution is 2.25. The number of aromatic carboxylic acids is 1. The second kappa shape index (κ2) is 8.39. The molecule has 2 aliphatic heterocycles. The Morgan fingerprint density at radius 1 is 0.926 bits per heavy atom. The number of benzene rings is 1. The largest absolute Gasteiger partial charge is 0.478 e. The molecule has 7 heteroatoms. The van der Waals surface area contributed by atoms with Crippen molar-refractivity contribution in [3.63, 3.8) is 0 Å². The van der Waals surface area contributed by atoms with Crippen LogP contribution in [-0.2, 0) is 0 Å². The summed E-state index contributed by atoms with van der Waals surface area (Å²) in [6, 6.07) is 5.86. The summed E-state index contributed by atoms with van der Waals surface area (Å²) in [7, 11) is 0. The lowest BCUT2D eigenvalue weighted by atomic mass is 10.1. The van der Waals surface area contributed by atoms with Gasteiger partial charge in [-0.3, -0.25) is 4.90 Å². The summed E-state index contributed by atoms with van der Waals surface area (Å²) in [5.41, 5.74) is 1.29. The number of carboxylic acids is 1. The van der Waals surface area contributed by atoms with Crippen molar-refractivity contribution in [3.05, 3.63) is 102 Å². The van der Waals surface area contributed by atoms with Gasteiger partial charge >= 0.3 is 12.0 Å². The number of hydrogen-bond acceptors (Lipinski definition) is 4. The molecule has 0 saturated carbocycles. The van der Waals surface area contributed by atoms with E-state index in [1.54, 1.807) is 79.5 Å². The van der Waals surface area contributed by atoms with Gasteiger partial charge in [-0.25, -0.2) is 9.59 Å². The predicted octanol–water partition coefficient (Wildman–Crippen LogP) is 2.93. The third-order valence-electron chi connectivity index (χ3n) is 3.71. The van der Waals surface area contributed by atoms with Gasteiger partial charge in [-0.1, -0.05) is 24.3 Å². The Labute approximate surface area is 156 Å². The summed E-state index contributed by atoms with van der Waals surface area (Å²) in [5, 5.41) is 18.2. The molecule has 27 heavy (non-hydrogen) atoms. The number of allylic oxidation sites excluding steroid dienone is 6. The van der Waals surface area contributed by atoms with E-state index < -0.39 is 12.0 Å². The fourth-order valence-electron chi connectivity index (χ4n) is 2.51. The zero-order chi connectivity index (χ0) is 19.1. The molecule has 136 valence electrons. The lowest BCUT2D eigenvalue weighted by Crippen LogP contribution is -2.39. The van der Waals surface area contributed by atoms with E-state index >= 15 is 0 Å². The number of para-hydroxylation sites is 1. The number of urea groups is 1. The fraction of sp³-hybridized carbons (Fsp3) is 0. The highest BCUT2D eigenvalue weighted by molar-refractivity contribution is 6.04. The number of anilines is 1. The van der Waals surface area contributed by atoms with Crippen molar-refractivity contribution in [2.24, 2.45) is 0 Å². The van der Waals surface area contributed by atoms with Crippen LogP contribution < -0.4 is 20.9 Å². The lowest BCUT2D eigenvalue weighted by Gasteiger charge is -2.25. The van der Waals surface area contributed by atoms with Gasteiger partial charge in [-0.05, 0) is 36.4 Å². The van der Waals surface area contributed by atoms with Crippen molar-refractivity contribution < 1.29 is 14.7 Å². The van der Waals surface area contributed by atoms with Gasteiger partial charge in [0.2, 0.25) is 0 Å². The van der Waals surface area contributed by atoms with Crippen molar-refractivity contribution in [2.75, 3.05) is 4.90 Å². The molecule has 0 aromatic heterocycles. The van der Waals surface area contributed by atoms with Crippen LogP contribution in [0.2, 0.25) is 0 Å². The van der Waals surface area contributed by atoms with Crippen molar-refractivity contribution in [3.8, 4) is 0 Å². The Morgan fingerprint density at radius 3 is 2.41 bits per heavy atom. The molecule has 1 aromatic rings. The first-order valence-electron chi connectivity index (χ1n) is 8.19. The highest BCUT2D eigenvalue weighted by atomic mass is 16.4. The zero-order valence-corrected chi connectivity index (χ0v) is 14.3. The van der Waals surface area contributed by atoms with Gasteiger partial charge in [0.1, 0.15) is 0 Å². The molecule has 3 rings (SSSR count). The summed E-state index contributed by atoms with van der Waals surface area (Å²) < 4.78 is 0. The molecule has 2 amide bonds. The number of carboxylic acid groups (broad SMARTS) is 1. The molecule has 0 spiro atoms. The Morgan fingerprint density at radius 2 is 1.63 bits per heavy atom. The maximum Gasteiger partial charge on any atom is 0.337 e. The molecule has 0 atom stereocenters. The van der Waals surface area contributed by atoms with Crippen LogP contribution in [0.3, 0.4) is 0 Å². The fourth-order valence-corrected chi connectivity index (χ4v) is 2.51. The van der Waals surface area contributed by atoms with E-state index in [4.69, 9.17) is 0 Å². The number of nitrogens with zero attached hydrogens (tertiary/aromatic N) is 1. The number of rotatable bonds is 4. The number of amides is 2. The standard InChI is InChI=1S/C20H18N4O3/c25-19(26)17-9-1-2-10-18(17)24(16-8-4-6-12-22-14-16)20(27)23-15-7-3-5-11-21-13-15/h1-14,21-22H,(H,23,27)(H,25,26).